The van der Waals surface area contributed by atoms with Crippen LogP contribution in [0.4, 0.5) is 8.78 Å². The number of hydrogen-bond acceptors (Lipinski definition) is 4. The maximum absolute atomic E-state index is 13.5. The van der Waals surface area contributed by atoms with E-state index in [4.69, 9.17) is 0 Å². The molecule has 0 fully saturated rings. The number of aryl methyl sites for hydroxylation is 1. The van der Waals surface area contributed by atoms with Crippen LogP contribution in [0.3, 0.4) is 0 Å². The fraction of sp³-hybridized carbons (Fsp3) is 0.308. The Hall–Kier alpha value is -2.90. The van der Waals surface area contributed by atoms with Crippen LogP contribution in [0.5, 0.6) is 0 Å². The lowest BCUT2D eigenvalue weighted by Gasteiger charge is -2.23. The lowest BCUT2D eigenvalue weighted by molar-refractivity contribution is 0.459. The number of rotatable bonds is 4. The Morgan fingerprint density at radius 2 is 1.85 bits per heavy atom. The number of aromatic nitrogens is 2. The van der Waals surface area contributed by atoms with Gasteiger partial charge in [-0.1, -0.05) is 30.3 Å². The van der Waals surface area contributed by atoms with Gasteiger partial charge in [0.2, 0.25) is 0 Å². The summed E-state index contributed by atoms with van der Waals surface area (Å²) in [6.45, 7) is 0.482. The van der Waals surface area contributed by atoms with Crippen LogP contribution in [0.15, 0.2) is 53.6 Å². The third-order valence-corrected chi connectivity index (χ3v) is 8.16. The topological polar surface area (TPSA) is 46.9 Å². The van der Waals surface area contributed by atoms with Crippen LogP contribution in [0.1, 0.15) is 39.6 Å². The average molecular weight is 464 g/mol. The van der Waals surface area contributed by atoms with Crippen LogP contribution in [0.25, 0.3) is 10.2 Å². The molecule has 2 aromatic heterocycles. The minimum Gasteiger partial charge on any atom is -0.310 e. The Morgan fingerprint density at radius 3 is 2.61 bits per heavy atom. The second-order valence-electron chi connectivity index (χ2n) is 9.04. The molecule has 168 valence electrons. The fourth-order valence-electron chi connectivity index (χ4n) is 5.26. The van der Waals surface area contributed by atoms with Crippen molar-refractivity contribution in [2.24, 2.45) is 0 Å². The summed E-state index contributed by atoms with van der Waals surface area (Å²) in [5, 5.41) is 4.25. The van der Waals surface area contributed by atoms with E-state index in [-0.39, 0.29) is 17.6 Å². The average Bonchev–Trinajstić information content (AvgIpc) is 3.41. The van der Waals surface area contributed by atoms with Gasteiger partial charge in [-0.15, -0.1) is 11.3 Å². The predicted molar refractivity (Wildman–Crippen MR) is 126 cm³/mol. The van der Waals surface area contributed by atoms with Crippen molar-refractivity contribution in [2.75, 3.05) is 0 Å². The van der Waals surface area contributed by atoms with Gasteiger partial charge in [0.15, 0.2) is 11.6 Å². The van der Waals surface area contributed by atoms with E-state index in [0.29, 0.717) is 6.54 Å². The Labute approximate surface area is 193 Å². The van der Waals surface area contributed by atoms with Crippen molar-refractivity contribution in [3.8, 4) is 0 Å². The number of halogens is 2. The highest BCUT2D eigenvalue weighted by molar-refractivity contribution is 7.18. The molecule has 0 bridgehead atoms. The summed E-state index contributed by atoms with van der Waals surface area (Å²) in [6.07, 6.45) is 5.98. The fourth-order valence-corrected chi connectivity index (χ4v) is 6.52. The van der Waals surface area contributed by atoms with Gasteiger partial charge in [0.05, 0.1) is 11.7 Å². The molecule has 0 aliphatic heterocycles. The number of fused-ring (bicyclic) bond motifs is 4. The van der Waals surface area contributed by atoms with Gasteiger partial charge >= 0.3 is 0 Å². The number of hydrogen-bond donors (Lipinski definition) is 1. The molecule has 2 aliphatic carbocycles. The second-order valence-corrected chi connectivity index (χ2v) is 10.1. The molecule has 33 heavy (non-hydrogen) atoms. The van der Waals surface area contributed by atoms with Crippen molar-refractivity contribution in [3.63, 3.8) is 0 Å². The van der Waals surface area contributed by atoms with Crippen molar-refractivity contribution in [2.45, 2.75) is 50.7 Å². The third kappa shape index (κ3) is 3.69. The highest BCUT2D eigenvalue weighted by atomic mass is 32.1. The summed E-state index contributed by atoms with van der Waals surface area (Å²) in [5.41, 5.74) is 4.57. The normalized spacial score (nSPS) is 17.9. The largest absolute Gasteiger partial charge is 0.310 e. The van der Waals surface area contributed by atoms with Crippen LogP contribution < -0.4 is 10.9 Å². The van der Waals surface area contributed by atoms with Gasteiger partial charge < -0.3 is 5.32 Å². The zero-order chi connectivity index (χ0) is 22.5. The Kier molecular flexibility index (Phi) is 5.11. The summed E-state index contributed by atoms with van der Waals surface area (Å²) in [5.74, 6) is -1.65. The summed E-state index contributed by atoms with van der Waals surface area (Å²) in [4.78, 5) is 20.2. The predicted octanol–water partition coefficient (Wildman–Crippen LogP) is 4.72. The van der Waals surface area contributed by atoms with E-state index < -0.39 is 11.6 Å². The highest BCUT2D eigenvalue weighted by Crippen LogP contribution is 2.35. The highest BCUT2D eigenvalue weighted by Gasteiger charge is 2.28. The van der Waals surface area contributed by atoms with E-state index in [1.165, 1.54) is 22.1 Å². The van der Waals surface area contributed by atoms with Crippen LogP contribution in [0.2, 0.25) is 0 Å². The smallest absolute Gasteiger partial charge is 0.262 e. The van der Waals surface area contributed by atoms with Gasteiger partial charge in [-0.2, -0.15) is 0 Å². The van der Waals surface area contributed by atoms with Crippen molar-refractivity contribution < 1.29 is 8.78 Å². The summed E-state index contributed by atoms with van der Waals surface area (Å²) >= 11 is 1.61. The van der Waals surface area contributed by atoms with Gasteiger partial charge in [0.1, 0.15) is 4.83 Å². The van der Waals surface area contributed by atoms with Crippen LogP contribution >= 0.6 is 11.3 Å². The number of nitrogens with zero attached hydrogens (tertiary/aromatic N) is 2. The molecule has 2 heterocycles. The zero-order valence-electron chi connectivity index (χ0n) is 18.0. The number of nitrogens with one attached hydrogen (secondary N) is 1. The zero-order valence-corrected chi connectivity index (χ0v) is 18.8. The first-order valence-corrected chi connectivity index (χ1v) is 12.1. The van der Waals surface area contributed by atoms with E-state index in [0.717, 1.165) is 59.5 Å². The molecule has 6 rings (SSSR count). The number of benzene rings is 2. The van der Waals surface area contributed by atoms with Crippen LogP contribution in [0, 0.1) is 11.6 Å². The van der Waals surface area contributed by atoms with E-state index in [2.05, 4.69) is 34.6 Å². The van der Waals surface area contributed by atoms with E-state index in [1.807, 2.05) is 4.57 Å². The quantitative estimate of drug-likeness (QED) is 0.476. The molecule has 0 spiro atoms. The molecule has 7 heteroatoms. The van der Waals surface area contributed by atoms with E-state index in [9.17, 15) is 13.6 Å². The molecular weight excluding hydrogens is 440 g/mol. The molecular formula is C26H23F2N3OS. The van der Waals surface area contributed by atoms with Gasteiger partial charge in [0, 0.05) is 23.5 Å². The lowest BCUT2D eigenvalue weighted by atomic mass is 9.93. The van der Waals surface area contributed by atoms with Crippen molar-refractivity contribution in [1.29, 1.82) is 0 Å². The molecule has 1 N–H and O–H groups in total. The molecule has 2 aromatic carbocycles. The maximum atomic E-state index is 13.5. The minimum atomic E-state index is -0.828. The Bertz CT molecular complexity index is 1400. The van der Waals surface area contributed by atoms with Gasteiger partial charge in [-0.3, -0.25) is 9.36 Å². The van der Waals surface area contributed by atoms with Gasteiger partial charge in [0.25, 0.3) is 5.56 Å². The Balaban J connectivity index is 1.23. The second kappa shape index (κ2) is 8.15. The summed E-state index contributed by atoms with van der Waals surface area (Å²) < 4.78 is 28.5. The molecule has 0 unspecified atom stereocenters. The molecule has 0 saturated carbocycles. The molecule has 1 atom stereocenters. The summed E-state index contributed by atoms with van der Waals surface area (Å²) in [7, 11) is 0. The van der Waals surface area contributed by atoms with Crippen LogP contribution in [-0.2, 0) is 32.2 Å². The molecule has 0 saturated heterocycles. The SMILES string of the molecule is O=c1c2c3c(sc2ncn1C1Cc2ccccc2C1)C[C@H](NCc1ccc(F)c(F)c1)CC3. The third-order valence-electron chi connectivity index (χ3n) is 7.00. The van der Waals surface area contributed by atoms with E-state index in [1.54, 1.807) is 23.7 Å². The minimum absolute atomic E-state index is 0.0727. The first kappa shape index (κ1) is 20.7. The van der Waals surface area contributed by atoms with Gasteiger partial charge in [-0.25, -0.2) is 13.8 Å². The first-order chi connectivity index (χ1) is 16.1. The first-order valence-electron chi connectivity index (χ1n) is 11.3. The monoisotopic (exact) mass is 463 g/mol. The Morgan fingerprint density at radius 1 is 1.06 bits per heavy atom. The van der Waals surface area contributed by atoms with Crippen molar-refractivity contribution >= 4 is 21.6 Å². The standard InChI is InChI=1S/C26H23F2N3OS/c27-21-8-5-15(9-22(21)28)13-29-18-6-7-20-23(12-18)33-25-24(20)26(32)31(14-30-25)19-10-16-3-1-2-4-17(16)11-19/h1-5,8-9,14,18-19,29H,6-7,10-13H2/t18-/m1/s1. The van der Waals surface area contributed by atoms with Crippen molar-refractivity contribution in [3.05, 3.63) is 97.9 Å². The molecule has 2 aliphatic rings. The van der Waals surface area contributed by atoms with Crippen LogP contribution in [-0.4, -0.2) is 15.6 Å². The maximum Gasteiger partial charge on any atom is 0.262 e. The molecule has 0 radical (unpaired) electrons. The van der Waals surface area contributed by atoms with Gasteiger partial charge in [-0.05, 0) is 66.5 Å². The molecule has 0 amide bonds. The van der Waals surface area contributed by atoms with Crippen molar-refractivity contribution in [1.82, 2.24) is 14.9 Å². The van der Waals surface area contributed by atoms with E-state index >= 15 is 0 Å². The summed E-state index contributed by atoms with van der Waals surface area (Å²) in [6, 6.07) is 12.8. The number of thiophene rings is 1. The molecule has 4 aromatic rings. The molecule has 4 nitrogen and oxygen atoms in total. The lowest BCUT2D eigenvalue weighted by Crippen LogP contribution is -2.34.